The largest absolute Gasteiger partial charge is 0.492 e. The Balaban J connectivity index is 1.68. The normalized spacial score (nSPS) is 18.1. The molecule has 0 bridgehead atoms. The van der Waals surface area contributed by atoms with E-state index in [1.807, 2.05) is 6.92 Å². The number of amidine groups is 1. The molecule has 2 rings (SSSR count). The Hall–Kier alpha value is -1.28. The molecule has 0 amide bonds. The van der Waals surface area contributed by atoms with E-state index in [0.717, 1.165) is 29.4 Å². The maximum atomic E-state index is 11.2. The van der Waals surface area contributed by atoms with Crippen molar-refractivity contribution in [2.75, 3.05) is 19.4 Å². The highest BCUT2D eigenvalue weighted by Crippen LogP contribution is 2.13. The van der Waals surface area contributed by atoms with Gasteiger partial charge in [-0.2, -0.15) is 16.2 Å². The minimum Gasteiger partial charge on any atom is -0.492 e. The van der Waals surface area contributed by atoms with E-state index in [9.17, 15) is 4.21 Å². The minimum atomic E-state index is -1.30. The molecule has 1 unspecified atom stereocenters. The number of rotatable bonds is 6. The SMILES string of the molecule is COC1=CS(=O)N=C1NCCSCc1nc[nH]c1C. The molecule has 2 N–H and O–H groups in total. The van der Waals surface area contributed by atoms with Crippen LogP contribution in [0.25, 0.3) is 0 Å². The molecular formula is C11H16N4O2S2. The van der Waals surface area contributed by atoms with Gasteiger partial charge in [-0.1, -0.05) is 0 Å². The summed E-state index contributed by atoms with van der Waals surface area (Å²) in [7, 11) is 0.242. The van der Waals surface area contributed by atoms with Crippen LogP contribution >= 0.6 is 11.8 Å². The highest BCUT2D eigenvalue weighted by Gasteiger charge is 2.16. The first-order valence-corrected chi connectivity index (χ1v) is 8.09. The molecule has 0 aromatic carbocycles. The number of methoxy groups -OCH3 is 1. The maximum absolute atomic E-state index is 11.2. The summed E-state index contributed by atoms with van der Waals surface area (Å²) in [5, 5.41) is 4.61. The van der Waals surface area contributed by atoms with E-state index in [-0.39, 0.29) is 0 Å². The Kier molecular flexibility index (Phi) is 5.03. The van der Waals surface area contributed by atoms with Gasteiger partial charge in [0.1, 0.15) is 0 Å². The molecule has 6 nitrogen and oxygen atoms in total. The molecule has 0 radical (unpaired) electrons. The second-order valence-electron chi connectivity index (χ2n) is 3.86. The fourth-order valence-electron chi connectivity index (χ4n) is 1.52. The molecule has 0 fully saturated rings. The van der Waals surface area contributed by atoms with Crippen molar-refractivity contribution in [3.63, 3.8) is 0 Å². The van der Waals surface area contributed by atoms with E-state index in [1.54, 1.807) is 25.2 Å². The van der Waals surface area contributed by atoms with E-state index in [2.05, 4.69) is 19.7 Å². The Morgan fingerprint density at radius 2 is 2.42 bits per heavy atom. The lowest BCUT2D eigenvalue weighted by molar-refractivity contribution is 0.314. The number of ether oxygens (including phenoxy) is 1. The van der Waals surface area contributed by atoms with E-state index in [0.29, 0.717) is 11.6 Å². The van der Waals surface area contributed by atoms with Gasteiger partial charge >= 0.3 is 0 Å². The average molecular weight is 300 g/mol. The van der Waals surface area contributed by atoms with Crippen molar-refractivity contribution in [3.05, 3.63) is 28.9 Å². The van der Waals surface area contributed by atoms with Crippen LogP contribution in [0.1, 0.15) is 11.4 Å². The standard InChI is InChI=1S/C11H16N4O2S2/c1-8-9(14-7-13-8)5-18-4-3-12-11-10(17-2)6-19(16)15-11/h6-7H,3-5H2,1-2H3,(H,12,15)(H,13,14). The van der Waals surface area contributed by atoms with E-state index in [4.69, 9.17) is 4.74 Å². The molecular weight excluding hydrogens is 284 g/mol. The van der Waals surface area contributed by atoms with Gasteiger partial charge in [-0.25, -0.2) is 9.19 Å². The van der Waals surface area contributed by atoms with E-state index < -0.39 is 11.0 Å². The number of thioether (sulfide) groups is 1. The summed E-state index contributed by atoms with van der Waals surface area (Å²) in [5.74, 6) is 2.90. The fourth-order valence-corrected chi connectivity index (χ4v) is 3.17. The van der Waals surface area contributed by atoms with Crippen LogP contribution < -0.4 is 5.32 Å². The zero-order valence-corrected chi connectivity index (χ0v) is 12.4. The Morgan fingerprint density at radius 3 is 3.11 bits per heavy atom. The highest BCUT2D eigenvalue weighted by molar-refractivity contribution is 7.98. The molecule has 1 aliphatic heterocycles. The molecule has 0 spiro atoms. The number of aromatic nitrogens is 2. The first-order valence-electron chi connectivity index (χ1n) is 5.76. The molecule has 8 heteroatoms. The van der Waals surface area contributed by atoms with Gasteiger partial charge in [0.15, 0.2) is 22.6 Å². The van der Waals surface area contributed by atoms with Crippen LogP contribution in [-0.2, 0) is 21.5 Å². The second-order valence-corrected chi connectivity index (χ2v) is 5.93. The fraction of sp³-hybridized carbons (Fsp3) is 0.455. The Bertz CT molecular complexity index is 525. The number of nitrogens with zero attached hydrogens (tertiary/aromatic N) is 2. The van der Waals surface area contributed by atoms with Gasteiger partial charge in [0.2, 0.25) is 0 Å². The van der Waals surface area contributed by atoms with Crippen LogP contribution in [0.2, 0.25) is 0 Å². The molecule has 19 heavy (non-hydrogen) atoms. The van der Waals surface area contributed by atoms with Crippen LogP contribution in [0.5, 0.6) is 0 Å². The van der Waals surface area contributed by atoms with Crippen LogP contribution in [0.4, 0.5) is 0 Å². The summed E-state index contributed by atoms with van der Waals surface area (Å²) in [4.78, 5) is 7.29. The summed E-state index contributed by atoms with van der Waals surface area (Å²) in [5.41, 5.74) is 2.20. The van der Waals surface area contributed by atoms with Crippen LogP contribution in [0, 0.1) is 6.92 Å². The van der Waals surface area contributed by atoms with Crippen molar-refractivity contribution >= 4 is 28.6 Å². The lowest BCUT2D eigenvalue weighted by atomic mass is 10.4. The first kappa shape index (κ1) is 14.1. The molecule has 0 saturated carbocycles. The number of H-pyrrole nitrogens is 1. The van der Waals surface area contributed by atoms with Gasteiger partial charge in [0, 0.05) is 23.7 Å². The van der Waals surface area contributed by atoms with E-state index in [1.165, 1.54) is 5.41 Å². The molecule has 1 atom stereocenters. The average Bonchev–Trinajstić information content (AvgIpc) is 2.95. The second kappa shape index (κ2) is 6.76. The number of aromatic amines is 1. The Labute approximate surface area is 118 Å². The maximum Gasteiger partial charge on any atom is 0.180 e. The van der Waals surface area contributed by atoms with Gasteiger partial charge in [-0.3, -0.25) is 0 Å². The molecule has 1 aliphatic rings. The van der Waals surface area contributed by atoms with Crippen molar-refractivity contribution in [1.29, 1.82) is 0 Å². The molecule has 1 aromatic heterocycles. The van der Waals surface area contributed by atoms with Gasteiger partial charge in [0.05, 0.1) is 24.5 Å². The summed E-state index contributed by atoms with van der Waals surface area (Å²) in [6.07, 6.45) is 1.71. The lowest BCUT2D eigenvalue weighted by Crippen LogP contribution is -2.26. The van der Waals surface area contributed by atoms with Crippen molar-refractivity contribution in [2.24, 2.45) is 4.40 Å². The van der Waals surface area contributed by atoms with Gasteiger partial charge < -0.3 is 15.0 Å². The minimum absolute atomic E-state index is 0.548. The molecule has 2 heterocycles. The quantitative estimate of drug-likeness (QED) is 0.769. The predicted octanol–water partition coefficient (Wildman–Crippen LogP) is 1.10. The number of imidazole rings is 1. The zero-order valence-electron chi connectivity index (χ0n) is 10.8. The molecule has 104 valence electrons. The van der Waals surface area contributed by atoms with Crippen molar-refractivity contribution in [2.45, 2.75) is 12.7 Å². The first-order chi connectivity index (χ1) is 9.20. The third-order valence-electron chi connectivity index (χ3n) is 2.55. The number of aryl methyl sites for hydroxylation is 1. The Morgan fingerprint density at radius 1 is 1.58 bits per heavy atom. The van der Waals surface area contributed by atoms with Gasteiger partial charge in [0.25, 0.3) is 0 Å². The topological polar surface area (TPSA) is 79.4 Å². The highest BCUT2D eigenvalue weighted by atomic mass is 32.2. The monoisotopic (exact) mass is 300 g/mol. The number of hydrogen-bond donors (Lipinski definition) is 2. The summed E-state index contributed by atoms with van der Waals surface area (Å²) >= 11 is 1.78. The van der Waals surface area contributed by atoms with Crippen LogP contribution in [0.15, 0.2) is 21.9 Å². The third kappa shape index (κ3) is 3.84. The summed E-state index contributed by atoms with van der Waals surface area (Å²) in [6.45, 7) is 2.75. The van der Waals surface area contributed by atoms with E-state index >= 15 is 0 Å². The van der Waals surface area contributed by atoms with Gasteiger partial charge in [-0.15, -0.1) is 0 Å². The van der Waals surface area contributed by atoms with Crippen LogP contribution in [0.3, 0.4) is 0 Å². The van der Waals surface area contributed by atoms with Crippen LogP contribution in [-0.4, -0.2) is 39.4 Å². The van der Waals surface area contributed by atoms with Crippen molar-refractivity contribution in [1.82, 2.24) is 15.3 Å². The number of nitrogens with one attached hydrogen (secondary N) is 2. The number of hydrogen-bond acceptors (Lipinski definition) is 5. The lowest BCUT2D eigenvalue weighted by Gasteiger charge is -2.07. The third-order valence-corrected chi connectivity index (χ3v) is 4.30. The smallest absolute Gasteiger partial charge is 0.180 e. The molecule has 1 aromatic rings. The van der Waals surface area contributed by atoms with Crippen molar-refractivity contribution < 1.29 is 8.95 Å². The molecule has 0 aliphatic carbocycles. The van der Waals surface area contributed by atoms with Gasteiger partial charge in [-0.05, 0) is 6.92 Å². The summed E-state index contributed by atoms with van der Waals surface area (Å²) in [6, 6.07) is 0. The molecule has 0 saturated heterocycles. The summed E-state index contributed by atoms with van der Waals surface area (Å²) < 4.78 is 20.2. The predicted molar refractivity (Wildman–Crippen MR) is 78.2 cm³/mol. The zero-order chi connectivity index (χ0) is 13.7. The van der Waals surface area contributed by atoms with Crippen molar-refractivity contribution in [3.8, 4) is 0 Å².